The van der Waals surface area contributed by atoms with Gasteiger partial charge in [0.25, 0.3) is 0 Å². The molecule has 0 spiro atoms. The molecule has 0 heterocycles. The van der Waals surface area contributed by atoms with Gasteiger partial charge >= 0.3 is 0 Å². The van der Waals surface area contributed by atoms with Crippen molar-refractivity contribution in [3.63, 3.8) is 0 Å². The summed E-state index contributed by atoms with van der Waals surface area (Å²) in [5, 5.41) is 0. The molecule has 0 aliphatic rings. The highest BCUT2D eigenvalue weighted by molar-refractivity contribution is 6.35. The molecule has 11 heavy (non-hydrogen) atoms. The van der Waals surface area contributed by atoms with Gasteiger partial charge in [0.05, 0.1) is 0 Å². The minimum absolute atomic E-state index is 0.553. The fraction of sp³-hybridized carbons (Fsp3) is 0.222. The second kappa shape index (κ2) is 3.38. The fourth-order valence-electron chi connectivity index (χ4n) is 0.946. The van der Waals surface area contributed by atoms with Crippen LogP contribution in [0.3, 0.4) is 0 Å². The van der Waals surface area contributed by atoms with E-state index in [2.05, 4.69) is 0 Å². The van der Waals surface area contributed by atoms with Gasteiger partial charge in [-0.25, -0.2) is 0 Å². The second-order valence-electron chi connectivity index (χ2n) is 2.43. The lowest BCUT2D eigenvalue weighted by atomic mass is 9.89. The molecule has 1 rings (SSSR count). The predicted molar refractivity (Wildman–Crippen MR) is 46.6 cm³/mol. The highest BCUT2D eigenvalue weighted by Crippen LogP contribution is 2.00. The molecule has 0 saturated heterocycles. The molecule has 0 unspecified atom stereocenters. The quantitative estimate of drug-likeness (QED) is 0.444. The van der Waals surface area contributed by atoms with Crippen molar-refractivity contribution in [2.75, 3.05) is 0 Å². The Balaban J connectivity index is 3.12. The van der Waals surface area contributed by atoms with E-state index in [1.807, 2.05) is 19.1 Å². The lowest BCUT2D eigenvalue weighted by Crippen LogP contribution is -2.09. The number of hydrogen-bond acceptors (Lipinski definition) is 1. The Morgan fingerprint density at radius 3 is 2.82 bits per heavy atom. The molecule has 0 saturated carbocycles. The van der Waals surface area contributed by atoms with E-state index in [0.717, 1.165) is 18.3 Å². The number of carbonyl (C=O) groups excluding carboxylic acids is 1. The van der Waals surface area contributed by atoms with Crippen LogP contribution in [0, 0.1) is 0 Å². The normalized spacial score (nSPS) is 9.55. The summed E-state index contributed by atoms with van der Waals surface area (Å²) >= 11 is 0. The molecule has 0 bridgehead atoms. The Kier molecular flexibility index (Phi) is 2.47. The van der Waals surface area contributed by atoms with E-state index in [0.29, 0.717) is 11.0 Å². The van der Waals surface area contributed by atoms with Crippen LogP contribution >= 0.6 is 0 Å². The SMILES string of the molecule is [B]c1ccc(CC)cc1C=O. The summed E-state index contributed by atoms with van der Waals surface area (Å²) in [6.07, 6.45) is 1.72. The molecule has 1 nitrogen and oxygen atoms in total. The minimum Gasteiger partial charge on any atom is -0.298 e. The average molecular weight is 144 g/mol. The van der Waals surface area contributed by atoms with E-state index in [1.54, 1.807) is 6.07 Å². The molecule has 54 valence electrons. The van der Waals surface area contributed by atoms with Crippen molar-refractivity contribution in [2.45, 2.75) is 13.3 Å². The Bertz CT molecular complexity index is 268. The third-order valence-corrected chi connectivity index (χ3v) is 1.69. The topological polar surface area (TPSA) is 17.1 Å². The van der Waals surface area contributed by atoms with Crippen LogP contribution in [0.25, 0.3) is 0 Å². The number of carbonyl (C=O) groups is 1. The first kappa shape index (κ1) is 8.06. The zero-order chi connectivity index (χ0) is 8.27. The maximum Gasteiger partial charge on any atom is 0.149 e. The molecule has 2 radical (unpaired) electrons. The molecule has 0 fully saturated rings. The van der Waals surface area contributed by atoms with E-state index >= 15 is 0 Å². The van der Waals surface area contributed by atoms with Gasteiger partial charge < -0.3 is 0 Å². The van der Waals surface area contributed by atoms with E-state index in [1.165, 1.54) is 0 Å². The van der Waals surface area contributed by atoms with Gasteiger partial charge in [-0.1, -0.05) is 24.5 Å². The van der Waals surface area contributed by atoms with Crippen LogP contribution in [0.2, 0.25) is 0 Å². The zero-order valence-electron chi connectivity index (χ0n) is 6.50. The number of aryl methyl sites for hydroxylation is 1. The van der Waals surface area contributed by atoms with E-state index in [4.69, 9.17) is 7.85 Å². The van der Waals surface area contributed by atoms with E-state index in [9.17, 15) is 4.79 Å². The van der Waals surface area contributed by atoms with Crippen LogP contribution in [-0.4, -0.2) is 14.1 Å². The molecule has 0 aliphatic heterocycles. The van der Waals surface area contributed by atoms with Gasteiger partial charge in [0.1, 0.15) is 14.1 Å². The molecule has 1 aromatic carbocycles. The molecule has 2 heteroatoms. The van der Waals surface area contributed by atoms with Gasteiger partial charge in [0, 0.05) is 5.56 Å². The van der Waals surface area contributed by atoms with Gasteiger partial charge in [-0.2, -0.15) is 0 Å². The van der Waals surface area contributed by atoms with Crippen molar-refractivity contribution in [1.29, 1.82) is 0 Å². The van der Waals surface area contributed by atoms with Gasteiger partial charge in [-0.05, 0) is 18.1 Å². The van der Waals surface area contributed by atoms with Crippen LogP contribution in [-0.2, 0) is 6.42 Å². The van der Waals surface area contributed by atoms with Gasteiger partial charge in [-0.3, -0.25) is 4.79 Å². The largest absolute Gasteiger partial charge is 0.298 e. The lowest BCUT2D eigenvalue weighted by molar-refractivity contribution is 0.112. The molecular weight excluding hydrogens is 135 g/mol. The summed E-state index contributed by atoms with van der Waals surface area (Å²) in [6.45, 7) is 2.04. The van der Waals surface area contributed by atoms with Crippen LogP contribution in [0.15, 0.2) is 18.2 Å². The van der Waals surface area contributed by atoms with Crippen molar-refractivity contribution in [3.05, 3.63) is 29.3 Å². The van der Waals surface area contributed by atoms with Crippen LogP contribution in [0.5, 0.6) is 0 Å². The maximum absolute atomic E-state index is 10.4. The smallest absolute Gasteiger partial charge is 0.149 e. The first-order chi connectivity index (χ1) is 5.27. The Labute approximate surface area is 67.8 Å². The lowest BCUT2D eigenvalue weighted by Gasteiger charge is -2.00. The van der Waals surface area contributed by atoms with Crippen LogP contribution < -0.4 is 5.46 Å². The molecule has 0 aromatic heterocycles. The Hall–Kier alpha value is -1.05. The minimum atomic E-state index is 0.553. The van der Waals surface area contributed by atoms with E-state index < -0.39 is 0 Å². The van der Waals surface area contributed by atoms with Crippen molar-refractivity contribution >= 4 is 19.6 Å². The number of rotatable bonds is 2. The predicted octanol–water partition coefficient (Wildman–Crippen LogP) is 0.855. The number of hydrogen-bond donors (Lipinski definition) is 0. The first-order valence-corrected chi connectivity index (χ1v) is 3.61. The molecule has 0 N–H and O–H groups in total. The summed E-state index contributed by atoms with van der Waals surface area (Å²) in [6, 6.07) is 5.52. The Morgan fingerprint density at radius 2 is 2.27 bits per heavy atom. The van der Waals surface area contributed by atoms with Crippen molar-refractivity contribution in [2.24, 2.45) is 0 Å². The molecule has 0 aliphatic carbocycles. The molecule has 0 amide bonds. The average Bonchev–Trinajstić information content (AvgIpc) is 2.05. The highest BCUT2D eigenvalue weighted by Gasteiger charge is 1.95. The maximum atomic E-state index is 10.4. The highest BCUT2D eigenvalue weighted by atomic mass is 16.1. The monoisotopic (exact) mass is 144 g/mol. The second-order valence-corrected chi connectivity index (χ2v) is 2.43. The van der Waals surface area contributed by atoms with Gasteiger partial charge in [0.2, 0.25) is 0 Å². The van der Waals surface area contributed by atoms with Crippen LogP contribution in [0.4, 0.5) is 0 Å². The summed E-state index contributed by atoms with van der Waals surface area (Å²) in [4.78, 5) is 10.4. The molecular formula is C9H9BO. The summed E-state index contributed by atoms with van der Waals surface area (Å²) < 4.78 is 0. The van der Waals surface area contributed by atoms with Crippen molar-refractivity contribution in [3.8, 4) is 0 Å². The van der Waals surface area contributed by atoms with Gasteiger partial charge in [-0.15, -0.1) is 0 Å². The summed E-state index contributed by atoms with van der Waals surface area (Å²) in [5.74, 6) is 0. The number of benzene rings is 1. The fourth-order valence-corrected chi connectivity index (χ4v) is 0.946. The molecule has 1 aromatic rings. The third kappa shape index (κ3) is 1.70. The van der Waals surface area contributed by atoms with E-state index in [-0.39, 0.29) is 0 Å². The number of aldehydes is 1. The Morgan fingerprint density at radius 1 is 1.55 bits per heavy atom. The zero-order valence-corrected chi connectivity index (χ0v) is 6.50. The van der Waals surface area contributed by atoms with Crippen LogP contribution in [0.1, 0.15) is 22.8 Å². The summed E-state index contributed by atoms with van der Waals surface area (Å²) in [5.41, 5.74) is 2.28. The summed E-state index contributed by atoms with van der Waals surface area (Å²) in [7, 11) is 5.52. The standard InChI is InChI=1S/C9H9BO/c1-2-7-3-4-9(10)8(5-7)6-11/h3-6H,2H2,1H3. The third-order valence-electron chi connectivity index (χ3n) is 1.69. The van der Waals surface area contributed by atoms with Gasteiger partial charge in [0.15, 0.2) is 0 Å². The molecule has 0 atom stereocenters. The first-order valence-electron chi connectivity index (χ1n) is 3.61. The van der Waals surface area contributed by atoms with Crippen molar-refractivity contribution in [1.82, 2.24) is 0 Å². The van der Waals surface area contributed by atoms with Crippen molar-refractivity contribution < 1.29 is 4.79 Å².